The lowest BCUT2D eigenvalue weighted by atomic mass is 10.1. The zero-order valence-corrected chi connectivity index (χ0v) is 11.7. The van der Waals surface area contributed by atoms with Crippen LogP contribution in [0.2, 0.25) is 5.02 Å². The van der Waals surface area contributed by atoms with Crippen LogP contribution in [-0.2, 0) is 4.74 Å². The van der Waals surface area contributed by atoms with E-state index in [0.717, 1.165) is 0 Å². The zero-order valence-electron chi connectivity index (χ0n) is 10.9. The monoisotopic (exact) mass is 270 g/mol. The predicted octanol–water partition coefficient (Wildman–Crippen LogP) is 2.42. The van der Waals surface area contributed by atoms with Gasteiger partial charge in [0.15, 0.2) is 0 Å². The maximum atomic E-state index is 12.3. The Morgan fingerprint density at radius 2 is 2.17 bits per heavy atom. The lowest BCUT2D eigenvalue weighted by Crippen LogP contribution is -2.39. The minimum Gasteiger partial charge on any atom is -0.398 e. The Kier molecular flexibility index (Phi) is 5.44. The Labute approximate surface area is 113 Å². The number of carbonyl (C=O) groups excluding carboxylic acids is 1. The molecule has 1 amide bonds. The number of nitrogens with zero attached hydrogens (tertiary/aromatic N) is 1. The highest BCUT2D eigenvalue weighted by molar-refractivity contribution is 6.33. The number of hydrogen-bond donors (Lipinski definition) is 1. The lowest BCUT2D eigenvalue weighted by molar-refractivity contribution is 0.0635. The normalized spacial score (nSPS) is 10.7. The summed E-state index contributed by atoms with van der Waals surface area (Å²) in [6.07, 6.45) is 0. The Balaban J connectivity index is 2.91. The fourth-order valence-electron chi connectivity index (χ4n) is 1.61. The van der Waals surface area contributed by atoms with Crippen LogP contribution in [0, 0.1) is 0 Å². The third-order valence-electron chi connectivity index (χ3n) is 2.67. The van der Waals surface area contributed by atoms with Crippen LogP contribution in [0.25, 0.3) is 0 Å². The maximum Gasteiger partial charge on any atom is 0.254 e. The molecular weight excluding hydrogens is 252 g/mol. The molecule has 1 rings (SSSR count). The Bertz CT molecular complexity index is 421. The number of anilines is 1. The standard InChI is InChI=1S/C13H19ClN2O2/c1-9(2)16(6-7-18-3)13(17)10-4-5-12(15)11(14)8-10/h4-5,8-9H,6-7,15H2,1-3H3. The molecule has 0 aliphatic rings. The van der Waals surface area contributed by atoms with Crippen molar-refractivity contribution in [2.75, 3.05) is 26.0 Å². The molecule has 0 aromatic heterocycles. The van der Waals surface area contributed by atoms with Crippen LogP contribution in [-0.4, -0.2) is 37.1 Å². The Morgan fingerprint density at radius 3 is 2.67 bits per heavy atom. The molecule has 100 valence electrons. The summed E-state index contributed by atoms with van der Waals surface area (Å²) in [4.78, 5) is 14.1. The average molecular weight is 271 g/mol. The molecule has 0 saturated carbocycles. The van der Waals surface area contributed by atoms with Crippen molar-refractivity contribution in [2.45, 2.75) is 19.9 Å². The first kappa shape index (κ1) is 14.8. The van der Waals surface area contributed by atoms with Gasteiger partial charge in [0.25, 0.3) is 5.91 Å². The van der Waals surface area contributed by atoms with Gasteiger partial charge in [-0.25, -0.2) is 0 Å². The van der Waals surface area contributed by atoms with E-state index < -0.39 is 0 Å². The fraction of sp³-hybridized carbons (Fsp3) is 0.462. The van der Waals surface area contributed by atoms with E-state index in [0.29, 0.717) is 29.4 Å². The highest BCUT2D eigenvalue weighted by Gasteiger charge is 2.18. The molecule has 5 heteroatoms. The van der Waals surface area contributed by atoms with Gasteiger partial charge in [-0.05, 0) is 32.0 Å². The van der Waals surface area contributed by atoms with Crippen LogP contribution in [0.5, 0.6) is 0 Å². The predicted molar refractivity (Wildman–Crippen MR) is 73.9 cm³/mol. The van der Waals surface area contributed by atoms with Gasteiger partial charge in [0.05, 0.1) is 17.3 Å². The summed E-state index contributed by atoms with van der Waals surface area (Å²) in [5, 5.41) is 0.399. The second-order valence-corrected chi connectivity index (χ2v) is 4.73. The van der Waals surface area contributed by atoms with Gasteiger partial charge in [-0.1, -0.05) is 11.6 Å². The molecule has 0 aliphatic carbocycles. The molecule has 0 unspecified atom stereocenters. The van der Waals surface area contributed by atoms with Gasteiger partial charge in [0.2, 0.25) is 0 Å². The minimum absolute atomic E-state index is 0.0658. The summed E-state index contributed by atoms with van der Waals surface area (Å²) < 4.78 is 5.01. The molecule has 18 heavy (non-hydrogen) atoms. The number of nitrogens with two attached hydrogens (primary N) is 1. The third kappa shape index (κ3) is 3.62. The molecule has 0 spiro atoms. The lowest BCUT2D eigenvalue weighted by Gasteiger charge is -2.26. The van der Waals surface area contributed by atoms with E-state index in [2.05, 4.69) is 0 Å². The second-order valence-electron chi connectivity index (χ2n) is 4.32. The topological polar surface area (TPSA) is 55.6 Å². The maximum absolute atomic E-state index is 12.3. The summed E-state index contributed by atoms with van der Waals surface area (Å²) in [7, 11) is 1.61. The van der Waals surface area contributed by atoms with Crippen molar-refractivity contribution in [3.8, 4) is 0 Å². The number of methoxy groups -OCH3 is 1. The van der Waals surface area contributed by atoms with E-state index in [9.17, 15) is 4.79 Å². The van der Waals surface area contributed by atoms with Gasteiger partial charge in [0.1, 0.15) is 0 Å². The largest absolute Gasteiger partial charge is 0.398 e. The molecule has 0 fully saturated rings. The van der Waals surface area contributed by atoms with Crippen LogP contribution in [0.3, 0.4) is 0 Å². The van der Waals surface area contributed by atoms with Crippen molar-refractivity contribution < 1.29 is 9.53 Å². The molecular formula is C13H19ClN2O2. The second kappa shape index (κ2) is 6.61. The summed E-state index contributed by atoms with van der Waals surface area (Å²) in [5.74, 6) is -0.0658. The van der Waals surface area contributed by atoms with Gasteiger partial charge in [-0.3, -0.25) is 4.79 Å². The van der Waals surface area contributed by atoms with Crippen LogP contribution in [0.4, 0.5) is 5.69 Å². The van der Waals surface area contributed by atoms with Crippen molar-refractivity contribution in [3.05, 3.63) is 28.8 Å². The van der Waals surface area contributed by atoms with Crippen LogP contribution < -0.4 is 5.73 Å². The molecule has 0 radical (unpaired) electrons. The highest BCUT2D eigenvalue weighted by atomic mass is 35.5. The number of rotatable bonds is 5. The fourth-order valence-corrected chi connectivity index (χ4v) is 1.79. The molecule has 0 saturated heterocycles. The van der Waals surface area contributed by atoms with Gasteiger partial charge in [0, 0.05) is 25.3 Å². The molecule has 2 N–H and O–H groups in total. The molecule has 0 heterocycles. The molecule has 1 aromatic rings. The van der Waals surface area contributed by atoms with E-state index in [4.69, 9.17) is 22.1 Å². The molecule has 0 atom stereocenters. The van der Waals surface area contributed by atoms with Crippen molar-refractivity contribution in [1.29, 1.82) is 0 Å². The summed E-state index contributed by atoms with van der Waals surface area (Å²) in [6, 6.07) is 5.03. The van der Waals surface area contributed by atoms with Gasteiger partial charge in [-0.15, -0.1) is 0 Å². The number of hydrogen-bond acceptors (Lipinski definition) is 3. The van der Waals surface area contributed by atoms with Crippen molar-refractivity contribution in [2.24, 2.45) is 0 Å². The number of ether oxygens (including phenoxy) is 1. The first-order valence-corrected chi connectivity index (χ1v) is 6.20. The van der Waals surface area contributed by atoms with Crippen molar-refractivity contribution >= 4 is 23.2 Å². The molecule has 1 aromatic carbocycles. The summed E-state index contributed by atoms with van der Waals surface area (Å²) in [6.45, 7) is 4.99. The number of halogens is 1. The average Bonchev–Trinajstić information content (AvgIpc) is 2.32. The number of nitrogen functional groups attached to an aromatic ring is 1. The quantitative estimate of drug-likeness (QED) is 0.836. The highest BCUT2D eigenvalue weighted by Crippen LogP contribution is 2.21. The van der Waals surface area contributed by atoms with Crippen LogP contribution >= 0.6 is 11.6 Å². The smallest absolute Gasteiger partial charge is 0.254 e. The van der Waals surface area contributed by atoms with E-state index in [-0.39, 0.29) is 11.9 Å². The van der Waals surface area contributed by atoms with Gasteiger partial charge < -0.3 is 15.4 Å². The van der Waals surface area contributed by atoms with E-state index in [1.54, 1.807) is 30.2 Å². The van der Waals surface area contributed by atoms with Gasteiger partial charge >= 0.3 is 0 Å². The van der Waals surface area contributed by atoms with Crippen molar-refractivity contribution in [1.82, 2.24) is 4.90 Å². The van der Waals surface area contributed by atoms with Crippen molar-refractivity contribution in [3.63, 3.8) is 0 Å². The van der Waals surface area contributed by atoms with Gasteiger partial charge in [-0.2, -0.15) is 0 Å². The first-order valence-electron chi connectivity index (χ1n) is 5.82. The molecule has 0 aliphatic heterocycles. The zero-order chi connectivity index (χ0) is 13.7. The molecule has 0 bridgehead atoms. The Hall–Kier alpha value is -1.26. The molecule has 4 nitrogen and oxygen atoms in total. The van der Waals surface area contributed by atoms with Crippen LogP contribution in [0.15, 0.2) is 18.2 Å². The third-order valence-corrected chi connectivity index (χ3v) is 3.00. The number of benzene rings is 1. The van der Waals surface area contributed by atoms with E-state index >= 15 is 0 Å². The van der Waals surface area contributed by atoms with Crippen LogP contribution in [0.1, 0.15) is 24.2 Å². The first-order chi connectivity index (χ1) is 8.47. The Morgan fingerprint density at radius 1 is 1.50 bits per heavy atom. The van der Waals surface area contributed by atoms with E-state index in [1.165, 1.54) is 0 Å². The number of amides is 1. The SMILES string of the molecule is COCCN(C(=O)c1ccc(N)c(Cl)c1)C(C)C. The summed E-state index contributed by atoms with van der Waals surface area (Å²) in [5.41, 5.74) is 6.64. The minimum atomic E-state index is -0.0658. The van der Waals surface area contributed by atoms with E-state index in [1.807, 2.05) is 13.8 Å². The number of carbonyl (C=O) groups is 1. The summed E-state index contributed by atoms with van der Waals surface area (Å²) >= 11 is 5.93.